The SMILES string of the molecule is C[C@H](NC(=O)c1nn2cc(-c3ccc(Cl)c(F)c3)[nH]c(=O)c2c1C(F)(F)C(F)(F)F)C1CC1. The van der Waals surface area contributed by atoms with Gasteiger partial charge >= 0.3 is 12.1 Å². The van der Waals surface area contributed by atoms with Gasteiger partial charge in [-0.25, -0.2) is 8.91 Å². The number of hydrogen-bond acceptors (Lipinski definition) is 3. The molecule has 2 heterocycles. The summed E-state index contributed by atoms with van der Waals surface area (Å²) < 4.78 is 83.0. The highest BCUT2D eigenvalue weighted by Crippen LogP contribution is 2.46. The molecule has 176 valence electrons. The topological polar surface area (TPSA) is 79.3 Å². The molecule has 1 fully saturated rings. The van der Waals surface area contributed by atoms with E-state index < -0.39 is 52.2 Å². The van der Waals surface area contributed by atoms with Crippen LogP contribution in [0.3, 0.4) is 0 Å². The monoisotopic (exact) mass is 492 g/mol. The first-order chi connectivity index (χ1) is 15.3. The summed E-state index contributed by atoms with van der Waals surface area (Å²) in [5.41, 5.74) is -5.71. The van der Waals surface area contributed by atoms with Gasteiger partial charge in [-0.05, 0) is 37.8 Å². The van der Waals surface area contributed by atoms with Crippen molar-refractivity contribution in [3.63, 3.8) is 0 Å². The van der Waals surface area contributed by atoms with Crippen LogP contribution in [0.15, 0.2) is 29.2 Å². The molecule has 1 saturated carbocycles. The fourth-order valence-electron chi connectivity index (χ4n) is 3.48. The summed E-state index contributed by atoms with van der Waals surface area (Å²) in [6, 6.07) is 2.90. The molecule has 0 aliphatic heterocycles. The van der Waals surface area contributed by atoms with Crippen molar-refractivity contribution in [3.8, 4) is 11.3 Å². The van der Waals surface area contributed by atoms with E-state index in [1.54, 1.807) is 6.92 Å². The van der Waals surface area contributed by atoms with Gasteiger partial charge in [0.25, 0.3) is 11.5 Å². The van der Waals surface area contributed by atoms with E-state index in [0.717, 1.165) is 25.1 Å². The van der Waals surface area contributed by atoms with Gasteiger partial charge in [0.05, 0.1) is 22.5 Å². The van der Waals surface area contributed by atoms with Crippen LogP contribution < -0.4 is 10.9 Å². The largest absolute Gasteiger partial charge is 0.458 e. The Bertz CT molecular complexity index is 1310. The summed E-state index contributed by atoms with van der Waals surface area (Å²) in [6.07, 6.45) is -3.63. The number of nitrogens with zero attached hydrogens (tertiary/aromatic N) is 2. The highest BCUT2D eigenvalue weighted by atomic mass is 35.5. The summed E-state index contributed by atoms with van der Waals surface area (Å²) in [6.45, 7) is 1.59. The second-order valence-electron chi connectivity index (χ2n) is 7.81. The van der Waals surface area contributed by atoms with Crippen LogP contribution in [-0.2, 0) is 5.92 Å². The fraction of sp³-hybridized carbons (Fsp3) is 0.350. The van der Waals surface area contributed by atoms with Crippen molar-refractivity contribution in [2.75, 3.05) is 0 Å². The minimum Gasteiger partial charge on any atom is -0.348 e. The lowest BCUT2D eigenvalue weighted by Crippen LogP contribution is -2.39. The van der Waals surface area contributed by atoms with Gasteiger partial charge in [-0.3, -0.25) is 9.59 Å². The number of carbonyl (C=O) groups excluding carboxylic acids is 1. The number of H-pyrrole nitrogens is 1. The molecule has 0 saturated heterocycles. The first-order valence-corrected chi connectivity index (χ1v) is 10.1. The number of benzene rings is 1. The Morgan fingerprint density at radius 3 is 2.52 bits per heavy atom. The lowest BCUT2D eigenvalue weighted by Gasteiger charge is -2.20. The lowest BCUT2D eigenvalue weighted by atomic mass is 10.1. The number of halogens is 7. The highest BCUT2D eigenvalue weighted by molar-refractivity contribution is 6.30. The number of fused-ring (bicyclic) bond motifs is 1. The van der Waals surface area contributed by atoms with E-state index in [-0.39, 0.29) is 22.2 Å². The number of aromatic amines is 1. The van der Waals surface area contributed by atoms with Crippen molar-refractivity contribution in [2.45, 2.75) is 37.9 Å². The average Bonchev–Trinajstić information content (AvgIpc) is 3.48. The molecule has 1 atom stereocenters. The van der Waals surface area contributed by atoms with Crippen molar-refractivity contribution in [1.29, 1.82) is 0 Å². The number of aromatic nitrogens is 3. The van der Waals surface area contributed by atoms with Gasteiger partial charge in [-0.1, -0.05) is 17.7 Å². The highest BCUT2D eigenvalue weighted by Gasteiger charge is 2.62. The second kappa shape index (κ2) is 7.79. The van der Waals surface area contributed by atoms with Crippen molar-refractivity contribution >= 4 is 23.0 Å². The summed E-state index contributed by atoms with van der Waals surface area (Å²) in [5.74, 6) is -7.60. The van der Waals surface area contributed by atoms with Crippen molar-refractivity contribution in [1.82, 2.24) is 19.9 Å². The molecule has 4 rings (SSSR count). The molecule has 1 aliphatic rings. The molecular weight excluding hydrogens is 478 g/mol. The maximum absolute atomic E-state index is 14.5. The summed E-state index contributed by atoms with van der Waals surface area (Å²) in [7, 11) is 0. The molecule has 3 aromatic rings. The van der Waals surface area contributed by atoms with E-state index in [1.165, 1.54) is 12.1 Å². The summed E-state index contributed by atoms with van der Waals surface area (Å²) in [4.78, 5) is 27.4. The summed E-state index contributed by atoms with van der Waals surface area (Å²) >= 11 is 5.62. The Kier molecular flexibility index (Phi) is 5.46. The van der Waals surface area contributed by atoms with Crippen LogP contribution in [0.4, 0.5) is 26.3 Å². The number of hydrogen-bond donors (Lipinski definition) is 2. The minimum absolute atomic E-state index is 0.0453. The minimum atomic E-state index is -6.10. The smallest absolute Gasteiger partial charge is 0.348 e. The molecule has 1 amide bonds. The first-order valence-electron chi connectivity index (χ1n) is 9.68. The quantitative estimate of drug-likeness (QED) is 0.508. The molecule has 1 aromatic carbocycles. The van der Waals surface area contributed by atoms with E-state index >= 15 is 0 Å². The van der Waals surface area contributed by atoms with Crippen molar-refractivity contribution < 1.29 is 31.1 Å². The van der Waals surface area contributed by atoms with Gasteiger partial charge < -0.3 is 10.3 Å². The molecule has 6 nitrogen and oxygen atoms in total. The Morgan fingerprint density at radius 2 is 1.94 bits per heavy atom. The van der Waals surface area contributed by atoms with Gasteiger partial charge in [0.1, 0.15) is 11.3 Å². The molecule has 0 unspecified atom stereocenters. The molecule has 0 bridgehead atoms. The molecule has 13 heteroatoms. The summed E-state index contributed by atoms with van der Waals surface area (Å²) in [5, 5.41) is 5.74. The van der Waals surface area contributed by atoms with Gasteiger partial charge in [0, 0.05) is 11.6 Å². The third kappa shape index (κ3) is 4.07. The van der Waals surface area contributed by atoms with Crippen LogP contribution in [0.5, 0.6) is 0 Å². The predicted molar refractivity (Wildman–Crippen MR) is 106 cm³/mol. The number of amides is 1. The maximum atomic E-state index is 14.5. The zero-order valence-electron chi connectivity index (χ0n) is 16.7. The van der Waals surface area contributed by atoms with E-state index in [0.29, 0.717) is 4.52 Å². The average molecular weight is 493 g/mol. The van der Waals surface area contributed by atoms with Gasteiger partial charge in [-0.15, -0.1) is 0 Å². The normalized spacial score (nSPS) is 15.6. The van der Waals surface area contributed by atoms with Crippen LogP contribution in [0, 0.1) is 11.7 Å². The Morgan fingerprint density at radius 1 is 1.27 bits per heavy atom. The molecule has 1 aliphatic carbocycles. The first kappa shape index (κ1) is 23.1. The van der Waals surface area contributed by atoms with E-state index in [1.807, 2.05) is 0 Å². The second-order valence-corrected chi connectivity index (χ2v) is 8.22. The number of nitrogens with one attached hydrogen (secondary N) is 2. The van der Waals surface area contributed by atoms with Crippen LogP contribution in [0.25, 0.3) is 16.8 Å². The van der Waals surface area contributed by atoms with Gasteiger partial charge in [0.2, 0.25) is 0 Å². The van der Waals surface area contributed by atoms with Gasteiger partial charge in [-0.2, -0.15) is 27.1 Å². The number of alkyl halides is 5. The van der Waals surface area contributed by atoms with E-state index in [4.69, 9.17) is 11.6 Å². The van der Waals surface area contributed by atoms with E-state index in [9.17, 15) is 35.9 Å². The van der Waals surface area contributed by atoms with Crippen molar-refractivity contribution in [2.24, 2.45) is 5.92 Å². The Labute approximate surface area is 186 Å². The van der Waals surface area contributed by atoms with Gasteiger partial charge in [0.15, 0.2) is 5.69 Å². The molecule has 33 heavy (non-hydrogen) atoms. The zero-order chi connectivity index (χ0) is 24.3. The number of rotatable bonds is 5. The lowest BCUT2D eigenvalue weighted by molar-refractivity contribution is -0.288. The van der Waals surface area contributed by atoms with E-state index in [2.05, 4.69) is 15.4 Å². The predicted octanol–water partition coefficient (Wildman–Crippen LogP) is 4.66. The van der Waals surface area contributed by atoms with Crippen LogP contribution in [0.2, 0.25) is 5.02 Å². The molecular formula is C20H15ClF6N4O2. The molecule has 0 radical (unpaired) electrons. The standard InChI is InChI=1S/C20H15ClF6N4O2/c1-8(9-2-3-9)28-17(32)15-14(19(23,24)20(25,26)27)16-18(33)29-13(7-31(16)30-15)10-4-5-11(21)12(22)6-10/h4-9H,2-3H2,1H3,(H,28,32)(H,29,33)/t8-/m0/s1. The van der Waals surface area contributed by atoms with Crippen LogP contribution >= 0.6 is 11.6 Å². The van der Waals surface area contributed by atoms with Crippen LogP contribution in [-0.4, -0.2) is 32.7 Å². The Hall–Kier alpha value is -3.02. The molecule has 2 N–H and O–H groups in total. The third-order valence-electron chi connectivity index (χ3n) is 5.43. The van der Waals surface area contributed by atoms with Crippen LogP contribution in [0.1, 0.15) is 35.8 Å². The Balaban J connectivity index is 1.92. The maximum Gasteiger partial charge on any atom is 0.458 e. The number of carbonyl (C=O) groups is 1. The fourth-order valence-corrected chi connectivity index (χ4v) is 3.60. The van der Waals surface area contributed by atoms with Crippen molar-refractivity contribution in [3.05, 3.63) is 56.8 Å². The molecule has 2 aromatic heterocycles. The zero-order valence-corrected chi connectivity index (χ0v) is 17.5. The molecule has 0 spiro atoms. The third-order valence-corrected chi connectivity index (χ3v) is 5.74.